The maximum absolute atomic E-state index is 6.11. The van der Waals surface area contributed by atoms with Gasteiger partial charge in [-0.05, 0) is 58.8 Å². The van der Waals surface area contributed by atoms with Crippen molar-refractivity contribution >= 4 is 0 Å². The van der Waals surface area contributed by atoms with E-state index in [2.05, 4.69) is 32.6 Å². The molecule has 1 aliphatic heterocycles. The molecule has 1 saturated heterocycles. The summed E-state index contributed by atoms with van der Waals surface area (Å²) >= 11 is 0. The number of hydrogen-bond donors (Lipinski definition) is 0. The summed E-state index contributed by atoms with van der Waals surface area (Å²) in [6.07, 6.45) is 5.67. The highest BCUT2D eigenvalue weighted by atomic mass is 16.5. The summed E-state index contributed by atoms with van der Waals surface area (Å²) in [5.74, 6) is 0. The fourth-order valence-electron chi connectivity index (χ4n) is 3.54. The molecule has 0 aromatic carbocycles. The van der Waals surface area contributed by atoms with Crippen LogP contribution in [0.25, 0.3) is 0 Å². The third kappa shape index (κ3) is 4.44. The molecule has 0 aromatic heterocycles. The van der Waals surface area contributed by atoms with Gasteiger partial charge in [0.2, 0.25) is 0 Å². The molecule has 2 aliphatic rings. The van der Waals surface area contributed by atoms with E-state index >= 15 is 0 Å². The second-order valence-electron chi connectivity index (χ2n) is 7.34. The Balaban J connectivity index is 1.65. The summed E-state index contributed by atoms with van der Waals surface area (Å²) in [4.78, 5) is 2.54. The van der Waals surface area contributed by atoms with E-state index in [1.54, 1.807) is 0 Å². The normalized spacial score (nSPS) is 24.6. The Morgan fingerprint density at radius 3 is 2.32 bits per heavy atom. The largest absolute Gasteiger partial charge is 0.380 e. The first-order valence-electron chi connectivity index (χ1n) is 7.90. The molecule has 0 aromatic rings. The molecule has 3 nitrogen and oxygen atoms in total. The van der Waals surface area contributed by atoms with Gasteiger partial charge in [0.15, 0.2) is 0 Å². The molecule has 1 spiro atoms. The molecule has 0 N–H and O–H groups in total. The summed E-state index contributed by atoms with van der Waals surface area (Å²) in [6.45, 7) is 14.0. The SMILES string of the molecule is CCOCCN1CC2(CCC(OC(C)(C)C)CC2)C1. The Kier molecular flexibility index (Phi) is 4.91. The van der Waals surface area contributed by atoms with Gasteiger partial charge in [-0.15, -0.1) is 0 Å². The molecule has 112 valence electrons. The van der Waals surface area contributed by atoms with Gasteiger partial charge in [0, 0.05) is 26.2 Å². The highest BCUT2D eigenvalue weighted by Crippen LogP contribution is 2.44. The minimum absolute atomic E-state index is 0.0122. The Labute approximate surface area is 118 Å². The number of rotatable bonds is 5. The summed E-state index contributed by atoms with van der Waals surface area (Å²) in [5.41, 5.74) is 0.627. The van der Waals surface area contributed by atoms with Gasteiger partial charge in [-0.25, -0.2) is 0 Å². The average molecular weight is 269 g/mol. The summed E-state index contributed by atoms with van der Waals surface area (Å²) in [5, 5.41) is 0. The van der Waals surface area contributed by atoms with Crippen molar-refractivity contribution in [3.05, 3.63) is 0 Å². The number of hydrogen-bond acceptors (Lipinski definition) is 3. The molecular weight excluding hydrogens is 238 g/mol. The molecule has 3 heteroatoms. The summed E-state index contributed by atoms with van der Waals surface area (Å²) < 4.78 is 11.5. The lowest BCUT2D eigenvalue weighted by Gasteiger charge is -2.54. The molecule has 1 heterocycles. The smallest absolute Gasteiger partial charge is 0.0602 e. The Hall–Kier alpha value is -0.120. The zero-order valence-electron chi connectivity index (χ0n) is 13.2. The van der Waals surface area contributed by atoms with Crippen LogP contribution in [0.2, 0.25) is 0 Å². The van der Waals surface area contributed by atoms with Crippen molar-refractivity contribution in [1.82, 2.24) is 4.90 Å². The van der Waals surface area contributed by atoms with Crippen molar-refractivity contribution in [2.75, 3.05) is 32.8 Å². The fourth-order valence-corrected chi connectivity index (χ4v) is 3.54. The first-order chi connectivity index (χ1) is 8.92. The van der Waals surface area contributed by atoms with Gasteiger partial charge in [-0.2, -0.15) is 0 Å². The van der Waals surface area contributed by atoms with Crippen LogP contribution < -0.4 is 0 Å². The van der Waals surface area contributed by atoms with Crippen LogP contribution in [0, 0.1) is 5.41 Å². The Bertz CT molecular complexity index is 269. The van der Waals surface area contributed by atoms with E-state index in [1.807, 2.05) is 0 Å². The lowest BCUT2D eigenvalue weighted by molar-refractivity contribution is -0.115. The molecule has 2 rings (SSSR count). The van der Waals surface area contributed by atoms with Crippen LogP contribution in [0.5, 0.6) is 0 Å². The standard InChI is InChI=1S/C16H31NO2/c1-5-18-11-10-17-12-16(13-17)8-6-14(7-9-16)19-15(2,3)4/h14H,5-13H2,1-4H3. The molecule has 2 fully saturated rings. The second-order valence-corrected chi connectivity index (χ2v) is 7.34. The molecule has 1 saturated carbocycles. The zero-order valence-corrected chi connectivity index (χ0v) is 13.2. The third-order valence-corrected chi connectivity index (χ3v) is 4.39. The molecule has 0 amide bonds. The molecule has 0 unspecified atom stereocenters. The Morgan fingerprint density at radius 1 is 1.16 bits per heavy atom. The lowest BCUT2D eigenvalue weighted by atomic mass is 9.68. The molecule has 1 aliphatic carbocycles. The van der Waals surface area contributed by atoms with Crippen LogP contribution >= 0.6 is 0 Å². The van der Waals surface area contributed by atoms with Crippen molar-refractivity contribution < 1.29 is 9.47 Å². The van der Waals surface area contributed by atoms with E-state index in [0.717, 1.165) is 19.8 Å². The van der Waals surface area contributed by atoms with Crippen molar-refractivity contribution in [3.8, 4) is 0 Å². The van der Waals surface area contributed by atoms with Crippen molar-refractivity contribution in [3.63, 3.8) is 0 Å². The molecule has 0 bridgehead atoms. The number of ether oxygens (including phenoxy) is 2. The van der Waals surface area contributed by atoms with E-state index in [-0.39, 0.29) is 5.60 Å². The molecule has 0 radical (unpaired) electrons. The maximum Gasteiger partial charge on any atom is 0.0602 e. The quantitative estimate of drug-likeness (QED) is 0.716. The van der Waals surface area contributed by atoms with Crippen LogP contribution in [-0.2, 0) is 9.47 Å². The van der Waals surface area contributed by atoms with Crippen LogP contribution in [0.4, 0.5) is 0 Å². The predicted molar refractivity (Wildman–Crippen MR) is 78.5 cm³/mol. The zero-order chi connectivity index (χ0) is 13.9. The van der Waals surface area contributed by atoms with E-state index in [0.29, 0.717) is 11.5 Å². The first kappa shape index (κ1) is 15.3. The number of likely N-dealkylation sites (tertiary alicyclic amines) is 1. The highest BCUT2D eigenvalue weighted by Gasteiger charge is 2.45. The topological polar surface area (TPSA) is 21.7 Å². The molecule has 19 heavy (non-hydrogen) atoms. The van der Waals surface area contributed by atoms with Crippen LogP contribution in [0.3, 0.4) is 0 Å². The number of nitrogens with zero attached hydrogens (tertiary/aromatic N) is 1. The molecular formula is C16H31NO2. The van der Waals surface area contributed by atoms with Gasteiger partial charge >= 0.3 is 0 Å². The second kappa shape index (κ2) is 6.11. The van der Waals surface area contributed by atoms with Gasteiger partial charge in [-0.1, -0.05) is 0 Å². The Morgan fingerprint density at radius 2 is 1.79 bits per heavy atom. The van der Waals surface area contributed by atoms with E-state index in [1.165, 1.54) is 38.8 Å². The predicted octanol–water partition coefficient (Wildman–Crippen LogP) is 3.08. The van der Waals surface area contributed by atoms with Gasteiger partial charge in [0.1, 0.15) is 0 Å². The van der Waals surface area contributed by atoms with Gasteiger partial charge in [0.25, 0.3) is 0 Å². The molecule has 0 atom stereocenters. The van der Waals surface area contributed by atoms with Crippen LogP contribution in [0.15, 0.2) is 0 Å². The summed E-state index contributed by atoms with van der Waals surface area (Å²) in [6, 6.07) is 0. The minimum atomic E-state index is 0.0122. The van der Waals surface area contributed by atoms with Gasteiger partial charge < -0.3 is 9.47 Å². The van der Waals surface area contributed by atoms with Crippen molar-refractivity contribution in [2.24, 2.45) is 5.41 Å². The van der Waals surface area contributed by atoms with Crippen LogP contribution in [0.1, 0.15) is 53.4 Å². The van der Waals surface area contributed by atoms with Crippen molar-refractivity contribution in [2.45, 2.75) is 65.1 Å². The van der Waals surface area contributed by atoms with Crippen LogP contribution in [-0.4, -0.2) is 49.5 Å². The highest BCUT2D eigenvalue weighted by molar-refractivity contribution is 4.98. The van der Waals surface area contributed by atoms with E-state index < -0.39 is 0 Å². The van der Waals surface area contributed by atoms with Gasteiger partial charge in [0.05, 0.1) is 18.3 Å². The van der Waals surface area contributed by atoms with E-state index in [9.17, 15) is 0 Å². The van der Waals surface area contributed by atoms with E-state index in [4.69, 9.17) is 9.47 Å². The van der Waals surface area contributed by atoms with Crippen molar-refractivity contribution in [1.29, 1.82) is 0 Å². The maximum atomic E-state index is 6.11. The monoisotopic (exact) mass is 269 g/mol. The minimum Gasteiger partial charge on any atom is -0.380 e. The first-order valence-corrected chi connectivity index (χ1v) is 7.90. The van der Waals surface area contributed by atoms with Gasteiger partial charge in [-0.3, -0.25) is 4.90 Å². The lowest BCUT2D eigenvalue weighted by Crippen LogP contribution is -2.58. The summed E-state index contributed by atoms with van der Waals surface area (Å²) in [7, 11) is 0. The fraction of sp³-hybridized carbons (Fsp3) is 1.00. The average Bonchev–Trinajstić information content (AvgIpc) is 2.27. The third-order valence-electron chi connectivity index (χ3n) is 4.39.